The normalized spacial score (nSPS) is 28.7. The van der Waals surface area contributed by atoms with Gasteiger partial charge >= 0.3 is 5.97 Å². The lowest BCUT2D eigenvalue weighted by atomic mass is 9.99. The fraction of sp³-hybridized carbons (Fsp3) is 0.909. The standard InChI is InChI=1S/C11H21NO3/c1-7(2)10(11(13)14)12(4)9-5-6-15-8(9)3/h7-10H,5-6H2,1-4H3,(H,13,14). The van der Waals surface area contributed by atoms with Crippen LogP contribution in [0.15, 0.2) is 0 Å². The van der Waals surface area contributed by atoms with Crippen LogP contribution in [-0.2, 0) is 9.53 Å². The van der Waals surface area contributed by atoms with E-state index in [1.54, 1.807) is 0 Å². The molecule has 1 rings (SSSR count). The zero-order valence-corrected chi connectivity index (χ0v) is 9.93. The predicted molar refractivity (Wildman–Crippen MR) is 57.8 cm³/mol. The summed E-state index contributed by atoms with van der Waals surface area (Å²) < 4.78 is 5.46. The Morgan fingerprint density at radius 1 is 1.53 bits per heavy atom. The van der Waals surface area contributed by atoms with Crippen molar-refractivity contribution in [3.8, 4) is 0 Å². The highest BCUT2D eigenvalue weighted by molar-refractivity contribution is 5.73. The Bertz CT molecular complexity index is 230. The smallest absolute Gasteiger partial charge is 0.321 e. The molecule has 0 spiro atoms. The zero-order valence-electron chi connectivity index (χ0n) is 9.93. The molecule has 1 saturated heterocycles. The summed E-state index contributed by atoms with van der Waals surface area (Å²) in [5.41, 5.74) is 0. The molecule has 1 N–H and O–H groups in total. The minimum Gasteiger partial charge on any atom is -0.480 e. The highest BCUT2D eigenvalue weighted by Crippen LogP contribution is 2.22. The largest absolute Gasteiger partial charge is 0.480 e. The summed E-state index contributed by atoms with van der Waals surface area (Å²) in [7, 11) is 1.88. The first-order chi connectivity index (χ1) is 6.95. The third-order valence-electron chi connectivity index (χ3n) is 3.18. The van der Waals surface area contributed by atoms with Crippen LogP contribution in [-0.4, -0.2) is 47.8 Å². The van der Waals surface area contributed by atoms with Crippen LogP contribution in [0, 0.1) is 5.92 Å². The quantitative estimate of drug-likeness (QED) is 0.765. The molecule has 1 aliphatic rings. The van der Waals surface area contributed by atoms with Crippen LogP contribution in [0.3, 0.4) is 0 Å². The van der Waals surface area contributed by atoms with Crippen molar-refractivity contribution in [3.05, 3.63) is 0 Å². The van der Waals surface area contributed by atoms with Gasteiger partial charge < -0.3 is 9.84 Å². The van der Waals surface area contributed by atoms with E-state index in [0.717, 1.165) is 13.0 Å². The number of ether oxygens (including phenoxy) is 1. The Morgan fingerprint density at radius 3 is 2.47 bits per heavy atom. The van der Waals surface area contributed by atoms with Gasteiger partial charge in [-0.3, -0.25) is 9.69 Å². The van der Waals surface area contributed by atoms with Crippen LogP contribution in [0.1, 0.15) is 27.2 Å². The van der Waals surface area contributed by atoms with Crippen molar-refractivity contribution in [2.45, 2.75) is 45.4 Å². The first-order valence-electron chi connectivity index (χ1n) is 5.51. The molecule has 88 valence electrons. The molecule has 15 heavy (non-hydrogen) atoms. The first-order valence-corrected chi connectivity index (χ1v) is 5.51. The molecule has 1 fully saturated rings. The molecular weight excluding hydrogens is 194 g/mol. The Morgan fingerprint density at radius 2 is 2.13 bits per heavy atom. The maximum absolute atomic E-state index is 11.2. The van der Waals surface area contributed by atoms with Crippen molar-refractivity contribution in [2.75, 3.05) is 13.7 Å². The maximum Gasteiger partial charge on any atom is 0.321 e. The van der Waals surface area contributed by atoms with Crippen LogP contribution in [0.25, 0.3) is 0 Å². The van der Waals surface area contributed by atoms with Crippen molar-refractivity contribution < 1.29 is 14.6 Å². The highest BCUT2D eigenvalue weighted by atomic mass is 16.5. The molecule has 0 radical (unpaired) electrons. The molecule has 0 aliphatic carbocycles. The summed E-state index contributed by atoms with van der Waals surface area (Å²) >= 11 is 0. The molecule has 0 saturated carbocycles. The average molecular weight is 215 g/mol. The molecule has 0 aromatic heterocycles. The minimum absolute atomic E-state index is 0.111. The molecule has 0 amide bonds. The van der Waals surface area contributed by atoms with Crippen molar-refractivity contribution in [1.29, 1.82) is 0 Å². The van der Waals surface area contributed by atoms with Crippen LogP contribution in [0.4, 0.5) is 0 Å². The second-order valence-electron chi connectivity index (χ2n) is 4.62. The fourth-order valence-corrected chi connectivity index (χ4v) is 2.39. The summed E-state index contributed by atoms with van der Waals surface area (Å²) in [5.74, 6) is -0.632. The summed E-state index contributed by atoms with van der Waals surface area (Å²) in [6.45, 7) is 6.62. The van der Waals surface area contributed by atoms with Crippen molar-refractivity contribution in [1.82, 2.24) is 4.90 Å². The molecule has 4 heteroatoms. The van der Waals surface area contributed by atoms with E-state index in [1.165, 1.54) is 0 Å². The van der Waals surface area contributed by atoms with E-state index in [-0.39, 0.29) is 18.1 Å². The lowest BCUT2D eigenvalue weighted by Crippen LogP contribution is -2.49. The molecule has 1 heterocycles. The third-order valence-corrected chi connectivity index (χ3v) is 3.18. The number of aliphatic carboxylic acids is 1. The van der Waals surface area contributed by atoms with Gasteiger partial charge in [-0.2, -0.15) is 0 Å². The molecule has 0 aromatic rings. The predicted octanol–water partition coefficient (Wildman–Crippen LogP) is 1.20. The molecule has 3 unspecified atom stereocenters. The van der Waals surface area contributed by atoms with Gasteiger partial charge in [-0.15, -0.1) is 0 Å². The van der Waals surface area contributed by atoms with Gasteiger partial charge in [-0.25, -0.2) is 0 Å². The first kappa shape index (κ1) is 12.5. The van der Waals surface area contributed by atoms with Crippen molar-refractivity contribution in [2.24, 2.45) is 5.92 Å². The van der Waals surface area contributed by atoms with E-state index in [9.17, 15) is 9.90 Å². The topological polar surface area (TPSA) is 49.8 Å². The number of nitrogens with zero attached hydrogens (tertiary/aromatic N) is 1. The highest BCUT2D eigenvalue weighted by Gasteiger charge is 2.36. The van der Waals surface area contributed by atoms with Gasteiger partial charge in [0, 0.05) is 12.6 Å². The number of rotatable bonds is 4. The number of hydrogen-bond donors (Lipinski definition) is 1. The van der Waals surface area contributed by atoms with E-state index in [0.29, 0.717) is 0 Å². The van der Waals surface area contributed by atoms with Gasteiger partial charge in [-0.05, 0) is 26.3 Å². The van der Waals surface area contributed by atoms with E-state index < -0.39 is 12.0 Å². The maximum atomic E-state index is 11.2. The Balaban J connectivity index is 2.71. The number of likely N-dealkylation sites (N-methyl/N-ethyl adjacent to an activating group) is 1. The summed E-state index contributed by atoms with van der Waals surface area (Å²) in [6.07, 6.45) is 1.06. The Hall–Kier alpha value is -0.610. The Kier molecular flexibility index (Phi) is 4.11. The number of carboxylic acids is 1. The average Bonchev–Trinajstić information content (AvgIpc) is 2.49. The zero-order chi connectivity index (χ0) is 11.6. The number of carbonyl (C=O) groups is 1. The van der Waals surface area contributed by atoms with Crippen molar-refractivity contribution >= 4 is 5.97 Å². The van der Waals surface area contributed by atoms with Gasteiger partial charge in [0.2, 0.25) is 0 Å². The minimum atomic E-state index is -0.744. The lowest BCUT2D eigenvalue weighted by molar-refractivity contribution is -0.145. The molecule has 1 aliphatic heterocycles. The van der Waals surface area contributed by atoms with Gasteiger partial charge in [-0.1, -0.05) is 13.8 Å². The number of hydrogen-bond acceptors (Lipinski definition) is 3. The van der Waals surface area contributed by atoms with Gasteiger partial charge in [0.25, 0.3) is 0 Å². The summed E-state index contributed by atoms with van der Waals surface area (Å²) in [5, 5.41) is 9.18. The van der Waals surface area contributed by atoms with Crippen LogP contribution in [0.5, 0.6) is 0 Å². The monoisotopic (exact) mass is 215 g/mol. The number of carboxylic acid groups (broad SMARTS) is 1. The van der Waals surface area contributed by atoms with Crippen LogP contribution >= 0.6 is 0 Å². The van der Waals surface area contributed by atoms with Crippen molar-refractivity contribution in [3.63, 3.8) is 0 Å². The third kappa shape index (κ3) is 2.69. The second kappa shape index (κ2) is 4.94. The SMILES string of the molecule is CC(C)C(C(=O)O)N(C)C1CCOC1C. The lowest BCUT2D eigenvalue weighted by Gasteiger charge is -2.33. The Labute approximate surface area is 91.2 Å². The molecule has 0 bridgehead atoms. The van der Waals surface area contributed by atoms with Crippen LogP contribution < -0.4 is 0 Å². The molecule has 4 nitrogen and oxygen atoms in total. The van der Waals surface area contributed by atoms with E-state index >= 15 is 0 Å². The molecule has 3 atom stereocenters. The van der Waals surface area contributed by atoms with Gasteiger partial charge in [0.15, 0.2) is 0 Å². The van der Waals surface area contributed by atoms with Gasteiger partial charge in [0.1, 0.15) is 6.04 Å². The summed E-state index contributed by atoms with van der Waals surface area (Å²) in [4.78, 5) is 13.1. The van der Waals surface area contributed by atoms with E-state index in [2.05, 4.69) is 0 Å². The second-order valence-corrected chi connectivity index (χ2v) is 4.62. The van der Waals surface area contributed by atoms with E-state index in [4.69, 9.17) is 4.74 Å². The fourth-order valence-electron chi connectivity index (χ4n) is 2.39. The molecular formula is C11H21NO3. The van der Waals surface area contributed by atoms with Gasteiger partial charge in [0.05, 0.1) is 6.10 Å². The van der Waals surface area contributed by atoms with Crippen LogP contribution in [0.2, 0.25) is 0 Å². The van der Waals surface area contributed by atoms with E-state index in [1.807, 2.05) is 32.7 Å². The molecule has 0 aromatic carbocycles. The summed E-state index contributed by atoms with van der Waals surface area (Å²) in [6, 6.07) is -0.187.